The number of piperidine rings is 1. The van der Waals surface area contributed by atoms with Crippen LogP contribution in [0.3, 0.4) is 0 Å². The van der Waals surface area contributed by atoms with Gasteiger partial charge in [-0.2, -0.15) is 4.98 Å². The smallest absolute Gasteiger partial charge is 0.274 e. The maximum atomic E-state index is 13.8. The van der Waals surface area contributed by atoms with E-state index in [-0.39, 0.29) is 17.8 Å². The van der Waals surface area contributed by atoms with Crippen molar-refractivity contribution in [3.8, 4) is 5.19 Å². The number of para-hydroxylation sites is 1. The Bertz CT molecular complexity index is 954. The third-order valence-electron chi connectivity index (χ3n) is 4.45. The second kappa shape index (κ2) is 7.48. The van der Waals surface area contributed by atoms with Gasteiger partial charge in [-0.25, -0.2) is 4.39 Å². The van der Waals surface area contributed by atoms with E-state index in [9.17, 15) is 9.18 Å². The average Bonchev–Trinajstić information content (AvgIpc) is 3.06. The number of aromatic nitrogens is 1. The number of thiazole rings is 1. The van der Waals surface area contributed by atoms with Crippen LogP contribution in [0.5, 0.6) is 5.19 Å². The number of likely N-dealkylation sites (tertiary alicyclic amines) is 1. The Hall–Kier alpha value is -1.74. The molecule has 0 aliphatic carbocycles. The fourth-order valence-electron chi connectivity index (χ4n) is 3.07. The van der Waals surface area contributed by atoms with Crippen molar-refractivity contribution in [2.75, 3.05) is 13.1 Å². The van der Waals surface area contributed by atoms with Gasteiger partial charge in [0, 0.05) is 29.5 Å². The zero-order chi connectivity index (χ0) is 18.1. The number of fused-ring (bicyclic) bond motifs is 1. The van der Waals surface area contributed by atoms with Crippen LogP contribution in [0, 0.1) is 9.39 Å². The minimum Gasteiger partial charge on any atom is -0.467 e. The van der Waals surface area contributed by atoms with Gasteiger partial charge in [0.1, 0.15) is 17.4 Å². The molecule has 0 spiro atoms. The summed E-state index contributed by atoms with van der Waals surface area (Å²) in [7, 11) is 0. The molecular formula is C19H16FIN2O2S. The molecule has 4 rings (SSSR count). The summed E-state index contributed by atoms with van der Waals surface area (Å²) in [5, 5.41) is 0.493. The molecule has 4 nitrogen and oxygen atoms in total. The first-order valence-corrected chi connectivity index (χ1v) is 10.3. The summed E-state index contributed by atoms with van der Waals surface area (Å²) in [5.41, 5.74) is 1.10. The second-order valence-corrected chi connectivity index (χ2v) is 8.31. The van der Waals surface area contributed by atoms with Gasteiger partial charge in [-0.05, 0) is 46.9 Å². The molecule has 0 bridgehead atoms. The van der Waals surface area contributed by atoms with Crippen LogP contribution in [0.1, 0.15) is 23.2 Å². The molecule has 1 aromatic heterocycles. The minimum atomic E-state index is -0.327. The van der Waals surface area contributed by atoms with Crippen LogP contribution in [0.4, 0.5) is 4.39 Å². The molecule has 0 radical (unpaired) electrons. The van der Waals surface area contributed by atoms with E-state index in [0.717, 1.165) is 26.7 Å². The Kier molecular flexibility index (Phi) is 5.08. The number of amides is 1. The minimum absolute atomic E-state index is 0.00230. The first-order valence-electron chi connectivity index (χ1n) is 8.37. The number of carbonyl (C=O) groups is 1. The van der Waals surface area contributed by atoms with Crippen molar-refractivity contribution in [1.82, 2.24) is 9.88 Å². The molecule has 134 valence electrons. The van der Waals surface area contributed by atoms with Gasteiger partial charge < -0.3 is 9.64 Å². The van der Waals surface area contributed by atoms with Gasteiger partial charge in [0.2, 0.25) is 0 Å². The highest BCUT2D eigenvalue weighted by Crippen LogP contribution is 2.31. The maximum absolute atomic E-state index is 13.8. The van der Waals surface area contributed by atoms with Crippen molar-refractivity contribution in [3.05, 3.63) is 57.4 Å². The summed E-state index contributed by atoms with van der Waals surface area (Å²) in [5.74, 6) is -0.262. The first kappa shape index (κ1) is 17.7. The fourth-order valence-corrected chi connectivity index (χ4v) is 4.58. The molecule has 7 heteroatoms. The van der Waals surface area contributed by atoms with Crippen molar-refractivity contribution >= 4 is 50.1 Å². The number of nitrogens with zero attached hydrogens (tertiary/aromatic N) is 2. The van der Waals surface area contributed by atoms with E-state index >= 15 is 0 Å². The molecule has 0 N–H and O–H groups in total. The summed E-state index contributed by atoms with van der Waals surface area (Å²) >= 11 is 3.55. The highest BCUT2D eigenvalue weighted by atomic mass is 127. The van der Waals surface area contributed by atoms with Crippen LogP contribution in [0.2, 0.25) is 0 Å². The van der Waals surface area contributed by atoms with E-state index in [1.54, 1.807) is 6.07 Å². The fraction of sp³-hybridized carbons (Fsp3) is 0.263. The molecule has 26 heavy (non-hydrogen) atoms. The molecule has 1 fully saturated rings. The summed E-state index contributed by atoms with van der Waals surface area (Å²) in [6.07, 6.45) is 1.48. The lowest BCUT2D eigenvalue weighted by Crippen LogP contribution is -2.42. The molecular weight excluding hydrogens is 466 g/mol. The Morgan fingerprint density at radius 2 is 1.96 bits per heavy atom. The van der Waals surface area contributed by atoms with E-state index < -0.39 is 0 Å². The van der Waals surface area contributed by atoms with Gasteiger partial charge in [0.25, 0.3) is 11.1 Å². The number of carbonyl (C=O) groups excluding carboxylic acids is 1. The lowest BCUT2D eigenvalue weighted by molar-refractivity contribution is 0.0594. The van der Waals surface area contributed by atoms with Crippen LogP contribution in [-0.4, -0.2) is 35.0 Å². The van der Waals surface area contributed by atoms with Gasteiger partial charge in [0.05, 0.1) is 10.3 Å². The van der Waals surface area contributed by atoms with E-state index in [1.807, 2.05) is 35.2 Å². The monoisotopic (exact) mass is 482 g/mol. The predicted molar refractivity (Wildman–Crippen MR) is 108 cm³/mol. The SMILES string of the molecule is O=C(c1ccccc1I)N1CCC(Oc2nc3c(F)cccc3s2)CC1. The molecule has 0 atom stereocenters. The number of hydrogen-bond acceptors (Lipinski definition) is 4. The lowest BCUT2D eigenvalue weighted by Gasteiger charge is -2.31. The van der Waals surface area contributed by atoms with Crippen LogP contribution in [-0.2, 0) is 0 Å². The van der Waals surface area contributed by atoms with Crippen LogP contribution < -0.4 is 4.74 Å². The maximum Gasteiger partial charge on any atom is 0.274 e. The Labute approximate surface area is 168 Å². The largest absolute Gasteiger partial charge is 0.467 e. The Morgan fingerprint density at radius 1 is 1.19 bits per heavy atom. The van der Waals surface area contributed by atoms with Crippen LogP contribution in [0.25, 0.3) is 10.2 Å². The number of rotatable bonds is 3. The normalized spacial score (nSPS) is 15.4. The van der Waals surface area contributed by atoms with Gasteiger partial charge in [-0.15, -0.1) is 0 Å². The van der Waals surface area contributed by atoms with Crippen molar-refractivity contribution in [2.45, 2.75) is 18.9 Å². The van der Waals surface area contributed by atoms with Crippen molar-refractivity contribution in [1.29, 1.82) is 0 Å². The number of ether oxygens (including phenoxy) is 1. The van der Waals surface area contributed by atoms with E-state index in [2.05, 4.69) is 27.6 Å². The molecule has 1 saturated heterocycles. The van der Waals surface area contributed by atoms with Gasteiger partial charge in [-0.1, -0.05) is 29.5 Å². The van der Waals surface area contributed by atoms with Gasteiger partial charge in [-0.3, -0.25) is 4.79 Å². The van der Waals surface area contributed by atoms with Gasteiger partial charge in [0.15, 0.2) is 0 Å². The van der Waals surface area contributed by atoms with Crippen LogP contribution >= 0.6 is 33.9 Å². The average molecular weight is 482 g/mol. The molecule has 0 saturated carbocycles. The van der Waals surface area contributed by atoms with E-state index in [0.29, 0.717) is 23.8 Å². The zero-order valence-electron chi connectivity index (χ0n) is 13.8. The molecule has 3 aromatic rings. The summed E-state index contributed by atoms with van der Waals surface area (Å²) in [4.78, 5) is 18.8. The predicted octanol–water partition coefficient (Wildman–Crippen LogP) is 4.72. The third-order valence-corrected chi connectivity index (χ3v) is 6.30. The first-order chi connectivity index (χ1) is 12.6. The van der Waals surface area contributed by atoms with Crippen LogP contribution in [0.15, 0.2) is 42.5 Å². The van der Waals surface area contributed by atoms with E-state index in [1.165, 1.54) is 17.4 Å². The summed E-state index contributed by atoms with van der Waals surface area (Å²) in [6, 6.07) is 12.5. The molecule has 1 amide bonds. The van der Waals surface area contributed by atoms with Crippen molar-refractivity contribution < 1.29 is 13.9 Å². The van der Waals surface area contributed by atoms with E-state index in [4.69, 9.17) is 4.74 Å². The van der Waals surface area contributed by atoms with Gasteiger partial charge >= 0.3 is 0 Å². The number of halogens is 2. The van der Waals surface area contributed by atoms with Crippen molar-refractivity contribution in [3.63, 3.8) is 0 Å². The lowest BCUT2D eigenvalue weighted by atomic mass is 10.1. The molecule has 2 aromatic carbocycles. The molecule has 1 aliphatic rings. The third kappa shape index (κ3) is 3.55. The highest BCUT2D eigenvalue weighted by Gasteiger charge is 2.26. The number of benzene rings is 2. The quantitative estimate of drug-likeness (QED) is 0.508. The molecule has 0 unspecified atom stereocenters. The number of hydrogen-bond donors (Lipinski definition) is 0. The standard InChI is InChI=1S/C19H16FIN2O2S/c20-14-5-3-7-16-17(14)22-19(26-16)25-12-8-10-23(11-9-12)18(24)13-4-1-2-6-15(13)21/h1-7,12H,8-11H2. The Morgan fingerprint density at radius 3 is 2.69 bits per heavy atom. The Balaban J connectivity index is 1.39. The highest BCUT2D eigenvalue weighted by molar-refractivity contribution is 14.1. The summed E-state index contributed by atoms with van der Waals surface area (Å²) in [6.45, 7) is 1.29. The second-order valence-electron chi connectivity index (χ2n) is 6.16. The molecule has 1 aliphatic heterocycles. The molecule has 2 heterocycles. The zero-order valence-corrected chi connectivity index (χ0v) is 16.8. The van der Waals surface area contributed by atoms with Crippen molar-refractivity contribution in [2.24, 2.45) is 0 Å². The summed E-state index contributed by atoms with van der Waals surface area (Å²) < 4.78 is 21.5. The topological polar surface area (TPSA) is 42.4 Å².